The molecule has 5 aromatic rings. The highest BCUT2D eigenvalue weighted by Gasteiger charge is 2.18. The van der Waals surface area contributed by atoms with Crippen molar-refractivity contribution in [2.75, 3.05) is 5.73 Å². The summed E-state index contributed by atoms with van der Waals surface area (Å²) in [5.41, 5.74) is 11.1. The molecule has 0 unspecified atom stereocenters. The lowest BCUT2D eigenvalue weighted by atomic mass is 10.1. The van der Waals surface area contributed by atoms with Crippen LogP contribution in [0.15, 0.2) is 69.5 Å². The van der Waals surface area contributed by atoms with Gasteiger partial charge in [0.25, 0.3) is 0 Å². The number of nitrogen functional groups attached to an aromatic ring is 1. The van der Waals surface area contributed by atoms with Crippen LogP contribution < -0.4 is 5.73 Å². The van der Waals surface area contributed by atoms with Gasteiger partial charge in [0, 0.05) is 40.5 Å². The highest BCUT2D eigenvalue weighted by Crippen LogP contribution is 2.38. The van der Waals surface area contributed by atoms with Crippen LogP contribution in [0.2, 0.25) is 0 Å². The first kappa shape index (κ1) is 22.5. The van der Waals surface area contributed by atoms with Gasteiger partial charge in [0.2, 0.25) is 0 Å². The molecule has 6 nitrogen and oxygen atoms in total. The Kier molecular flexibility index (Phi) is 6.31. The van der Waals surface area contributed by atoms with Crippen molar-refractivity contribution in [1.29, 1.82) is 0 Å². The average Bonchev–Trinajstić information content (AvgIpc) is 3.38. The van der Waals surface area contributed by atoms with Crippen LogP contribution in [0.4, 0.5) is 5.82 Å². The van der Waals surface area contributed by atoms with Gasteiger partial charge in [0.1, 0.15) is 6.33 Å². The van der Waals surface area contributed by atoms with Crippen molar-refractivity contribution in [3.63, 3.8) is 0 Å². The van der Waals surface area contributed by atoms with E-state index in [0.29, 0.717) is 24.3 Å². The molecular weight excluding hydrogens is 508 g/mol. The topological polar surface area (TPSA) is 74.5 Å². The molecule has 8 heteroatoms. The molecule has 0 bridgehead atoms. The standard InChI is InChI=1S/C26H23BrN6S/c1-3-4-5-11-33-25-22(24(28)29-16-30-25)31-26(33)34-21-14-20(27)13-19-10-12-32(23(19)21)15-18-8-6-17(2)7-9-18/h1,6-10,12-14,16H,4-5,11,15H2,2H3,(H2,28,29,30). The van der Waals surface area contributed by atoms with Gasteiger partial charge < -0.3 is 14.9 Å². The summed E-state index contributed by atoms with van der Waals surface area (Å²) in [4.78, 5) is 14.5. The van der Waals surface area contributed by atoms with Crippen molar-refractivity contribution in [1.82, 2.24) is 24.1 Å². The zero-order chi connectivity index (χ0) is 23.7. The summed E-state index contributed by atoms with van der Waals surface area (Å²) >= 11 is 5.29. The van der Waals surface area contributed by atoms with Gasteiger partial charge in [-0.3, -0.25) is 0 Å². The summed E-state index contributed by atoms with van der Waals surface area (Å²) in [6.45, 7) is 3.60. The summed E-state index contributed by atoms with van der Waals surface area (Å²) < 4.78 is 5.40. The van der Waals surface area contributed by atoms with Crippen LogP contribution in [0.25, 0.3) is 22.1 Å². The lowest BCUT2D eigenvalue weighted by molar-refractivity contribution is 0.615. The van der Waals surface area contributed by atoms with Gasteiger partial charge in [-0.25, -0.2) is 15.0 Å². The van der Waals surface area contributed by atoms with Crippen LogP contribution in [0.5, 0.6) is 0 Å². The van der Waals surface area contributed by atoms with Crippen LogP contribution in [-0.4, -0.2) is 24.1 Å². The van der Waals surface area contributed by atoms with Crippen molar-refractivity contribution in [2.45, 2.75) is 42.9 Å². The summed E-state index contributed by atoms with van der Waals surface area (Å²) in [6.07, 6.45) is 10.6. The number of nitrogens with zero attached hydrogens (tertiary/aromatic N) is 5. The first-order valence-electron chi connectivity index (χ1n) is 11.0. The Balaban J connectivity index is 1.59. The Bertz CT molecular complexity index is 1530. The zero-order valence-electron chi connectivity index (χ0n) is 18.7. The number of aromatic nitrogens is 5. The third-order valence-corrected chi connectivity index (χ3v) is 7.18. The molecule has 34 heavy (non-hydrogen) atoms. The molecule has 0 saturated heterocycles. The first-order chi connectivity index (χ1) is 16.5. The van der Waals surface area contributed by atoms with Crippen LogP contribution >= 0.6 is 27.7 Å². The third kappa shape index (κ3) is 4.41. The van der Waals surface area contributed by atoms with E-state index in [1.165, 1.54) is 22.8 Å². The molecule has 0 saturated carbocycles. The number of unbranched alkanes of at least 4 members (excludes halogenated alkanes) is 1. The molecular formula is C26H23BrN6S. The number of benzene rings is 2. The molecule has 5 rings (SSSR count). The largest absolute Gasteiger partial charge is 0.382 e. The van der Waals surface area contributed by atoms with E-state index in [1.54, 1.807) is 11.8 Å². The molecule has 3 heterocycles. The normalized spacial score (nSPS) is 11.3. The minimum atomic E-state index is 0.379. The van der Waals surface area contributed by atoms with Gasteiger partial charge in [-0.2, -0.15) is 0 Å². The quantitative estimate of drug-likeness (QED) is 0.205. The minimum Gasteiger partial charge on any atom is -0.382 e. The van der Waals surface area contributed by atoms with Crippen molar-refractivity contribution >= 4 is 55.6 Å². The summed E-state index contributed by atoms with van der Waals surface area (Å²) in [6, 6.07) is 15.1. The monoisotopic (exact) mass is 530 g/mol. The van der Waals surface area contributed by atoms with Gasteiger partial charge >= 0.3 is 0 Å². The van der Waals surface area contributed by atoms with Gasteiger partial charge in [-0.15, -0.1) is 12.3 Å². The minimum absolute atomic E-state index is 0.379. The van der Waals surface area contributed by atoms with Crippen molar-refractivity contribution in [3.8, 4) is 12.3 Å². The maximum Gasteiger partial charge on any atom is 0.175 e. The number of halogens is 1. The van der Waals surface area contributed by atoms with Crippen molar-refractivity contribution in [2.24, 2.45) is 0 Å². The molecule has 0 radical (unpaired) electrons. The molecule has 2 N–H and O–H groups in total. The lowest BCUT2D eigenvalue weighted by Crippen LogP contribution is -2.02. The highest BCUT2D eigenvalue weighted by atomic mass is 79.9. The molecule has 0 amide bonds. The van der Waals surface area contributed by atoms with E-state index in [0.717, 1.165) is 38.7 Å². The number of nitrogens with two attached hydrogens (primary N) is 1. The Morgan fingerprint density at radius 3 is 2.76 bits per heavy atom. The molecule has 3 aromatic heterocycles. The SMILES string of the molecule is C#CCCCn1c(Sc2cc(Br)cc3ccn(Cc4ccc(C)cc4)c23)nc2c(N)ncnc21. The number of anilines is 1. The first-order valence-corrected chi connectivity index (χ1v) is 12.6. The van der Waals surface area contributed by atoms with E-state index in [4.69, 9.17) is 17.1 Å². The second kappa shape index (κ2) is 9.53. The van der Waals surface area contributed by atoms with E-state index < -0.39 is 0 Å². The number of fused-ring (bicyclic) bond motifs is 2. The van der Waals surface area contributed by atoms with Crippen LogP contribution in [0.3, 0.4) is 0 Å². The van der Waals surface area contributed by atoms with E-state index in [-0.39, 0.29) is 0 Å². The second-order valence-electron chi connectivity index (χ2n) is 8.16. The van der Waals surface area contributed by atoms with E-state index in [9.17, 15) is 0 Å². The molecule has 0 aliphatic rings. The van der Waals surface area contributed by atoms with Gasteiger partial charge in [-0.1, -0.05) is 45.8 Å². The molecule has 170 valence electrons. The summed E-state index contributed by atoms with van der Waals surface area (Å²) in [5.74, 6) is 3.09. The molecule has 2 aromatic carbocycles. The fourth-order valence-electron chi connectivity index (χ4n) is 4.02. The summed E-state index contributed by atoms with van der Waals surface area (Å²) in [7, 11) is 0. The fourth-order valence-corrected chi connectivity index (χ4v) is 5.79. The van der Waals surface area contributed by atoms with E-state index in [2.05, 4.69) is 96.5 Å². The number of aryl methyl sites for hydroxylation is 2. The number of hydrogen-bond donors (Lipinski definition) is 1. The Hall–Kier alpha value is -3.28. The Morgan fingerprint density at radius 2 is 1.97 bits per heavy atom. The van der Waals surface area contributed by atoms with Crippen LogP contribution in [-0.2, 0) is 13.1 Å². The number of hydrogen-bond acceptors (Lipinski definition) is 5. The van der Waals surface area contributed by atoms with Gasteiger partial charge in [0.05, 0.1) is 5.52 Å². The number of imidazole rings is 1. The fraction of sp³-hybridized carbons (Fsp3) is 0.192. The number of rotatable bonds is 7. The van der Waals surface area contributed by atoms with E-state index >= 15 is 0 Å². The van der Waals surface area contributed by atoms with Crippen molar-refractivity contribution in [3.05, 3.63) is 70.6 Å². The Morgan fingerprint density at radius 1 is 1.15 bits per heavy atom. The maximum absolute atomic E-state index is 6.13. The van der Waals surface area contributed by atoms with E-state index in [1.807, 2.05) is 0 Å². The highest BCUT2D eigenvalue weighted by molar-refractivity contribution is 9.10. The molecule has 0 atom stereocenters. The molecule has 0 spiro atoms. The van der Waals surface area contributed by atoms with Crippen molar-refractivity contribution < 1.29 is 0 Å². The summed E-state index contributed by atoms with van der Waals surface area (Å²) in [5, 5.41) is 1.99. The average molecular weight is 531 g/mol. The second-order valence-corrected chi connectivity index (χ2v) is 10.1. The van der Waals surface area contributed by atoms with Crippen LogP contribution in [0.1, 0.15) is 24.0 Å². The maximum atomic E-state index is 6.13. The smallest absolute Gasteiger partial charge is 0.175 e. The molecule has 0 fully saturated rings. The Labute approximate surface area is 210 Å². The lowest BCUT2D eigenvalue weighted by Gasteiger charge is -2.12. The van der Waals surface area contributed by atoms with Gasteiger partial charge in [0.15, 0.2) is 22.1 Å². The molecule has 0 aliphatic carbocycles. The predicted molar refractivity (Wildman–Crippen MR) is 142 cm³/mol. The van der Waals surface area contributed by atoms with Crippen LogP contribution in [0, 0.1) is 19.3 Å². The predicted octanol–water partition coefficient (Wildman–Crippen LogP) is 6.05. The molecule has 0 aliphatic heterocycles. The number of terminal acetylenes is 1. The third-order valence-electron chi connectivity index (χ3n) is 5.69. The zero-order valence-corrected chi connectivity index (χ0v) is 21.1. The van der Waals surface area contributed by atoms with Gasteiger partial charge in [-0.05, 0) is 48.9 Å².